The molecule has 29 heavy (non-hydrogen) atoms. The summed E-state index contributed by atoms with van der Waals surface area (Å²) in [5.41, 5.74) is 2.89. The van der Waals surface area contributed by atoms with Crippen LogP contribution in [0.4, 0.5) is 5.69 Å². The number of anilines is 1. The molecule has 2 aromatic carbocycles. The van der Waals surface area contributed by atoms with Gasteiger partial charge < -0.3 is 19.5 Å². The van der Waals surface area contributed by atoms with Gasteiger partial charge in [0, 0.05) is 36.5 Å². The second kappa shape index (κ2) is 8.72. The van der Waals surface area contributed by atoms with Gasteiger partial charge in [-0.25, -0.2) is 4.98 Å². The lowest BCUT2D eigenvalue weighted by atomic mass is 10.1. The highest BCUT2D eigenvalue weighted by atomic mass is 35.5. The van der Waals surface area contributed by atoms with Crippen LogP contribution in [0.1, 0.15) is 17.5 Å². The van der Waals surface area contributed by atoms with Gasteiger partial charge in [-0.3, -0.25) is 0 Å². The Morgan fingerprint density at radius 2 is 2.03 bits per heavy atom. The molecule has 1 fully saturated rings. The molecule has 5 nitrogen and oxygen atoms in total. The molecule has 0 unspecified atom stereocenters. The first kappa shape index (κ1) is 19.6. The summed E-state index contributed by atoms with van der Waals surface area (Å²) in [5.74, 6) is 2.02. The Balaban J connectivity index is 1.51. The number of halogens is 1. The van der Waals surface area contributed by atoms with Crippen LogP contribution < -0.4 is 14.4 Å². The molecule has 150 valence electrons. The number of rotatable bonds is 6. The van der Waals surface area contributed by atoms with Crippen molar-refractivity contribution in [1.82, 2.24) is 4.98 Å². The van der Waals surface area contributed by atoms with Gasteiger partial charge in [0.05, 0.1) is 13.2 Å². The Hall–Kier alpha value is -2.76. The van der Waals surface area contributed by atoms with Crippen molar-refractivity contribution in [2.75, 3.05) is 18.0 Å². The van der Waals surface area contributed by atoms with E-state index in [-0.39, 0.29) is 12.7 Å². The minimum atomic E-state index is -0.0337. The molecule has 0 bridgehead atoms. The van der Waals surface area contributed by atoms with E-state index in [9.17, 15) is 5.11 Å². The maximum atomic E-state index is 9.81. The third-order valence-corrected chi connectivity index (χ3v) is 5.32. The van der Waals surface area contributed by atoms with Crippen molar-refractivity contribution in [3.05, 3.63) is 76.9 Å². The van der Waals surface area contributed by atoms with E-state index >= 15 is 0 Å². The zero-order valence-electron chi connectivity index (χ0n) is 16.2. The van der Waals surface area contributed by atoms with E-state index in [1.54, 1.807) is 18.3 Å². The number of aromatic nitrogens is 1. The van der Waals surface area contributed by atoms with Crippen LogP contribution in [0.25, 0.3) is 0 Å². The van der Waals surface area contributed by atoms with E-state index in [0.29, 0.717) is 17.4 Å². The lowest BCUT2D eigenvalue weighted by Gasteiger charge is -2.22. The van der Waals surface area contributed by atoms with Gasteiger partial charge in [-0.05, 0) is 36.8 Å². The third-order valence-electron chi connectivity index (χ3n) is 5.04. The lowest BCUT2D eigenvalue weighted by molar-refractivity contribution is 0.216. The summed E-state index contributed by atoms with van der Waals surface area (Å²) in [4.78, 5) is 6.42. The summed E-state index contributed by atoms with van der Waals surface area (Å²) in [6.07, 6.45) is 2.50. The maximum absolute atomic E-state index is 9.81. The van der Waals surface area contributed by atoms with Crippen molar-refractivity contribution in [2.24, 2.45) is 0 Å². The van der Waals surface area contributed by atoms with E-state index in [4.69, 9.17) is 21.1 Å². The first-order valence-corrected chi connectivity index (χ1v) is 10.0. The van der Waals surface area contributed by atoms with Gasteiger partial charge >= 0.3 is 0 Å². The summed E-state index contributed by atoms with van der Waals surface area (Å²) in [6.45, 7) is 3.49. The molecule has 1 atom stereocenters. The minimum Gasteiger partial charge on any atom is -0.471 e. The normalized spacial score (nSPS) is 16.1. The standard InChI is InChI=1S/C23H23ClN2O3/c1-16-5-2-3-7-22(16)28-18-9-8-17(15-27)21(13-18)26-12-10-19(14-26)29-23-20(24)6-4-11-25-23/h2-9,11,13,19,27H,10,12,14-15H2,1H3/t19-/m0/s1. The van der Waals surface area contributed by atoms with Gasteiger partial charge in [0.2, 0.25) is 5.88 Å². The van der Waals surface area contributed by atoms with Gasteiger partial charge in [-0.2, -0.15) is 0 Å². The number of pyridine rings is 1. The van der Waals surface area contributed by atoms with Crippen LogP contribution in [0.3, 0.4) is 0 Å². The molecule has 4 rings (SSSR count). The molecule has 3 aromatic rings. The number of aryl methyl sites for hydroxylation is 1. The van der Waals surface area contributed by atoms with Gasteiger partial charge in [-0.1, -0.05) is 35.9 Å². The fourth-order valence-corrected chi connectivity index (χ4v) is 3.66. The van der Waals surface area contributed by atoms with Crippen LogP contribution >= 0.6 is 11.6 Å². The molecule has 1 aliphatic heterocycles. The summed E-state index contributed by atoms with van der Waals surface area (Å²) in [6, 6.07) is 17.2. The minimum absolute atomic E-state index is 0.0186. The van der Waals surface area contributed by atoms with E-state index in [1.165, 1.54) is 0 Å². The van der Waals surface area contributed by atoms with E-state index in [1.807, 2.05) is 49.4 Å². The Kier molecular flexibility index (Phi) is 5.88. The Bertz CT molecular complexity index is 995. The highest BCUT2D eigenvalue weighted by molar-refractivity contribution is 6.31. The van der Waals surface area contributed by atoms with Crippen molar-refractivity contribution < 1.29 is 14.6 Å². The molecule has 1 N–H and O–H groups in total. The molecule has 2 heterocycles. The fourth-order valence-electron chi connectivity index (χ4n) is 3.49. The molecular formula is C23H23ClN2O3. The topological polar surface area (TPSA) is 54.8 Å². The fraction of sp³-hybridized carbons (Fsp3) is 0.261. The molecule has 1 saturated heterocycles. The van der Waals surface area contributed by atoms with E-state index in [0.717, 1.165) is 41.3 Å². The molecule has 0 saturated carbocycles. The Morgan fingerprint density at radius 3 is 2.83 bits per heavy atom. The van der Waals surface area contributed by atoms with Crippen molar-refractivity contribution in [2.45, 2.75) is 26.1 Å². The number of nitrogens with zero attached hydrogens (tertiary/aromatic N) is 2. The molecule has 1 aliphatic rings. The zero-order valence-corrected chi connectivity index (χ0v) is 17.0. The van der Waals surface area contributed by atoms with Crippen molar-refractivity contribution in [3.8, 4) is 17.4 Å². The highest BCUT2D eigenvalue weighted by Gasteiger charge is 2.27. The summed E-state index contributed by atoms with van der Waals surface area (Å²) in [5, 5.41) is 10.3. The Labute approximate surface area is 175 Å². The van der Waals surface area contributed by atoms with Crippen LogP contribution in [0.2, 0.25) is 5.02 Å². The third kappa shape index (κ3) is 4.47. The molecule has 0 amide bonds. The molecule has 0 spiro atoms. The van der Waals surface area contributed by atoms with Crippen LogP contribution in [-0.4, -0.2) is 29.3 Å². The predicted octanol–water partition coefficient (Wildman–Crippen LogP) is 4.99. The Morgan fingerprint density at radius 1 is 1.17 bits per heavy atom. The number of ether oxygens (including phenoxy) is 2. The monoisotopic (exact) mass is 410 g/mol. The smallest absolute Gasteiger partial charge is 0.232 e. The maximum Gasteiger partial charge on any atom is 0.232 e. The average Bonchev–Trinajstić information content (AvgIpc) is 3.20. The van der Waals surface area contributed by atoms with Crippen molar-refractivity contribution >= 4 is 17.3 Å². The second-order valence-corrected chi connectivity index (χ2v) is 7.49. The van der Waals surface area contributed by atoms with Crippen LogP contribution in [0.5, 0.6) is 17.4 Å². The zero-order chi connectivity index (χ0) is 20.2. The summed E-state index contributed by atoms with van der Waals surface area (Å²) >= 11 is 6.16. The van der Waals surface area contributed by atoms with Crippen molar-refractivity contribution in [3.63, 3.8) is 0 Å². The number of hydrogen-bond acceptors (Lipinski definition) is 5. The first-order valence-electron chi connectivity index (χ1n) is 9.63. The molecule has 0 aliphatic carbocycles. The quantitative estimate of drug-likeness (QED) is 0.620. The van der Waals surface area contributed by atoms with Gasteiger partial charge in [-0.15, -0.1) is 0 Å². The van der Waals surface area contributed by atoms with Gasteiger partial charge in [0.15, 0.2) is 0 Å². The molecule has 6 heteroatoms. The predicted molar refractivity (Wildman–Crippen MR) is 114 cm³/mol. The van der Waals surface area contributed by atoms with Crippen LogP contribution in [0.15, 0.2) is 60.8 Å². The van der Waals surface area contributed by atoms with E-state index in [2.05, 4.69) is 9.88 Å². The lowest BCUT2D eigenvalue weighted by Crippen LogP contribution is -2.25. The molecular weight excluding hydrogens is 388 g/mol. The molecule has 0 radical (unpaired) electrons. The number of aliphatic hydroxyl groups is 1. The highest BCUT2D eigenvalue weighted by Crippen LogP contribution is 2.33. The summed E-state index contributed by atoms with van der Waals surface area (Å²) in [7, 11) is 0. The number of para-hydroxylation sites is 1. The van der Waals surface area contributed by atoms with Crippen LogP contribution in [-0.2, 0) is 6.61 Å². The van der Waals surface area contributed by atoms with Gasteiger partial charge in [0.25, 0.3) is 0 Å². The number of aliphatic hydroxyl groups excluding tert-OH is 1. The van der Waals surface area contributed by atoms with E-state index < -0.39 is 0 Å². The molecule has 1 aromatic heterocycles. The SMILES string of the molecule is Cc1ccccc1Oc1ccc(CO)c(N2CC[C@H](Oc3ncccc3Cl)C2)c1. The summed E-state index contributed by atoms with van der Waals surface area (Å²) < 4.78 is 12.1. The van der Waals surface area contributed by atoms with Gasteiger partial charge in [0.1, 0.15) is 22.6 Å². The van der Waals surface area contributed by atoms with Crippen molar-refractivity contribution in [1.29, 1.82) is 0 Å². The number of benzene rings is 2. The largest absolute Gasteiger partial charge is 0.471 e. The average molecular weight is 411 g/mol. The number of hydrogen-bond donors (Lipinski definition) is 1. The second-order valence-electron chi connectivity index (χ2n) is 7.08. The first-order chi connectivity index (χ1) is 14.1. The van der Waals surface area contributed by atoms with Crippen LogP contribution in [0, 0.1) is 6.92 Å².